The predicted molar refractivity (Wildman–Crippen MR) is 100 cm³/mol. The van der Waals surface area contributed by atoms with E-state index >= 15 is 0 Å². The van der Waals surface area contributed by atoms with E-state index in [1.54, 1.807) is 13.2 Å². The van der Waals surface area contributed by atoms with Gasteiger partial charge in [-0.3, -0.25) is 14.5 Å². The number of hydrogen-bond acceptors (Lipinski definition) is 5. The Morgan fingerprint density at radius 1 is 1.30 bits per heavy atom. The zero-order valence-corrected chi connectivity index (χ0v) is 15.9. The summed E-state index contributed by atoms with van der Waals surface area (Å²) < 4.78 is 10.8. The second kappa shape index (κ2) is 8.61. The zero-order valence-electron chi connectivity index (χ0n) is 15.9. The fraction of sp³-hybridized carbons (Fsp3) is 0.600. The first-order valence-electron chi connectivity index (χ1n) is 9.47. The topological polar surface area (TPSA) is 88.1 Å². The van der Waals surface area contributed by atoms with Crippen molar-refractivity contribution in [3.63, 3.8) is 0 Å². The lowest BCUT2D eigenvalue weighted by molar-refractivity contribution is -0.140. The van der Waals surface area contributed by atoms with Crippen LogP contribution < -0.4 is 14.8 Å². The number of carbonyl (C=O) groups excluding carboxylic acids is 1. The van der Waals surface area contributed by atoms with Crippen LogP contribution in [-0.2, 0) is 9.59 Å². The van der Waals surface area contributed by atoms with E-state index in [1.807, 2.05) is 19.1 Å². The maximum atomic E-state index is 12.1. The third-order valence-electron chi connectivity index (χ3n) is 5.26. The fourth-order valence-electron chi connectivity index (χ4n) is 3.51. The van der Waals surface area contributed by atoms with Crippen molar-refractivity contribution in [1.29, 1.82) is 0 Å². The van der Waals surface area contributed by atoms with Gasteiger partial charge >= 0.3 is 5.97 Å². The normalized spacial score (nSPS) is 21.4. The number of aryl methyl sites for hydroxylation is 1. The minimum absolute atomic E-state index is 0.0339. The third-order valence-corrected chi connectivity index (χ3v) is 5.26. The van der Waals surface area contributed by atoms with Crippen molar-refractivity contribution >= 4 is 11.9 Å². The average Bonchev–Trinajstić information content (AvgIpc) is 3.39. The fourth-order valence-corrected chi connectivity index (χ4v) is 3.51. The van der Waals surface area contributed by atoms with Crippen LogP contribution >= 0.6 is 0 Å². The highest BCUT2D eigenvalue weighted by Gasteiger charge is 2.37. The standard InChI is InChI=1S/C20H28N2O5/c1-13-7-17(5-6-18(13)26-2)27-12-19(23)21-15-8-16(9-15)22(11-20(24)25)10-14-3-4-14/h5-7,14-16H,3-4,8-12H2,1-2H3,(H,21,23)(H,24,25). The molecular weight excluding hydrogens is 348 g/mol. The van der Waals surface area contributed by atoms with Crippen LogP contribution in [0.15, 0.2) is 18.2 Å². The molecule has 1 amide bonds. The molecule has 0 saturated heterocycles. The molecule has 0 atom stereocenters. The Hall–Kier alpha value is -2.28. The largest absolute Gasteiger partial charge is 0.496 e. The number of carboxylic acids is 1. The van der Waals surface area contributed by atoms with E-state index in [9.17, 15) is 9.59 Å². The van der Waals surface area contributed by atoms with E-state index < -0.39 is 5.97 Å². The van der Waals surface area contributed by atoms with Gasteiger partial charge in [0, 0.05) is 18.6 Å². The first-order valence-corrected chi connectivity index (χ1v) is 9.47. The number of amides is 1. The highest BCUT2D eigenvalue weighted by Crippen LogP contribution is 2.33. The number of carbonyl (C=O) groups is 2. The van der Waals surface area contributed by atoms with Gasteiger partial charge in [0.2, 0.25) is 0 Å². The lowest BCUT2D eigenvalue weighted by Crippen LogP contribution is -2.55. The molecule has 3 rings (SSSR count). The van der Waals surface area contributed by atoms with Gasteiger partial charge < -0.3 is 19.9 Å². The number of rotatable bonds is 10. The van der Waals surface area contributed by atoms with Crippen LogP contribution in [0.5, 0.6) is 11.5 Å². The van der Waals surface area contributed by atoms with Crippen molar-refractivity contribution in [2.24, 2.45) is 5.92 Å². The van der Waals surface area contributed by atoms with Gasteiger partial charge in [0.25, 0.3) is 5.91 Å². The summed E-state index contributed by atoms with van der Waals surface area (Å²) in [5.74, 6) is 1.13. The summed E-state index contributed by atoms with van der Waals surface area (Å²) in [6, 6.07) is 5.78. The number of ether oxygens (including phenoxy) is 2. The molecule has 0 unspecified atom stereocenters. The van der Waals surface area contributed by atoms with Gasteiger partial charge in [0.1, 0.15) is 11.5 Å². The van der Waals surface area contributed by atoms with E-state index in [2.05, 4.69) is 10.2 Å². The van der Waals surface area contributed by atoms with Crippen molar-refractivity contribution < 1.29 is 24.2 Å². The molecule has 2 aliphatic rings. The van der Waals surface area contributed by atoms with Crippen LogP contribution in [0, 0.1) is 12.8 Å². The number of carboxylic acid groups (broad SMARTS) is 1. The number of methoxy groups -OCH3 is 1. The number of aliphatic carboxylic acids is 1. The summed E-state index contributed by atoms with van der Waals surface area (Å²) in [5, 5.41) is 12.1. The Morgan fingerprint density at radius 2 is 2.04 bits per heavy atom. The maximum Gasteiger partial charge on any atom is 0.317 e. The van der Waals surface area contributed by atoms with E-state index in [-0.39, 0.29) is 31.1 Å². The van der Waals surface area contributed by atoms with E-state index in [0.717, 1.165) is 30.7 Å². The second-order valence-corrected chi connectivity index (χ2v) is 7.58. The van der Waals surface area contributed by atoms with E-state index in [0.29, 0.717) is 11.7 Å². The summed E-state index contributed by atoms with van der Waals surface area (Å²) in [5.41, 5.74) is 0.950. The predicted octanol–water partition coefficient (Wildman–Crippen LogP) is 1.83. The highest BCUT2D eigenvalue weighted by molar-refractivity contribution is 5.78. The smallest absolute Gasteiger partial charge is 0.317 e. The molecule has 7 nitrogen and oxygen atoms in total. The molecule has 1 aromatic carbocycles. The van der Waals surface area contributed by atoms with Gasteiger partial charge in [-0.2, -0.15) is 0 Å². The van der Waals surface area contributed by atoms with Crippen molar-refractivity contribution in [3.05, 3.63) is 23.8 Å². The Bertz CT molecular complexity index is 683. The van der Waals surface area contributed by atoms with Gasteiger partial charge in [0.15, 0.2) is 6.61 Å². The second-order valence-electron chi connectivity index (χ2n) is 7.58. The summed E-state index contributed by atoms with van der Waals surface area (Å²) >= 11 is 0. The van der Waals surface area contributed by atoms with Gasteiger partial charge in [-0.15, -0.1) is 0 Å². The lowest BCUT2D eigenvalue weighted by atomic mass is 9.85. The van der Waals surface area contributed by atoms with Crippen LogP contribution in [-0.4, -0.2) is 60.8 Å². The number of nitrogens with zero attached hydrogens (tertiary/aromatic N) is 1. The third kappa shape index (κ3) is 5.60. The molecule has 2 saturated carbocycles. The van der Waals surface area contributed by atoms with Crippen LogP contribution in [0.1, 0.15) is 31.2 Å². The van der Waals surface area contributed by atoms with Gasteiger partial charge in [-0.1, -0.05) is 0 Å². The van der Waals surface area contributed by atoms with Gasteiger partial charge in [0.05, 0.1) is 13.7 Å². The molecule has 148 valence electrons. The molecule has 0 bridgehead atoms. The molecule has 2 N–H and O–H groups in total. The molecule has 2 aliphatic carbocycles. The maximum absolute atomic E-state index is 12.1. The first kappa shape index (κ1) is 19.5. The average molecular weight is 376 g/mol. The Labute approximate surface area is 159 Å². The monoisotopic (exact) mass is 376 g/mol. The van der Waals surface area contributed by atoms with E-state index in [4.69, 9.17) is 14.6 Å². The summed E-state index contributed by atoms with van der Waals surface area (Å²) in [4.78, 5) is 25.2. The molecule has 0 aromatic heterocycles. The van der Waals surface area contributed by atoms with Crippen molar-refractivity contribution in [2.75, 3.05) is 26.8 Å². The molecule has 0 radical (unpaired) electrons. The Kier molecular flexibility index (Phi) is 6.21. The molecule has 1 aromatic rings. The molecule has 0 aliphatic heterocycles. The van der Waals surface area contributed by atoms with Crippen molar-refractivity contribution in [2.45, 2.75) is 44.7 Å². The van der Waals surface area contributed by atoms with Gasteiger partial charge in [-0.05, 0) is 62.3 Å². The first-order chi connectivity index (χ1) is 12.9. The lowest BCUT2D eigenvalue weighted by Gasteiger charge is -2.42. The molecule has 0 heterocycles. The summed E-state index contributed by atoms with van der Waals surface area (Å²) in [6.45, 7) is 2.83. The SMILES string of the molecule is COc1ccc(OCC(=O)NC2CC(N(CC(=O)O)CC3CC3)C2)cc1C. The van der Waals surface area contributed by atoms with E-state index in [1.165, 1.54) is 12.8 Å². The zero-order chi connectivity index (χ0) is 19.4. The van der Waals surface area contributed by atoms with Crippen molar-refractivity contribution in [1.82, 2.24) is 10.2 Å². The van der Waals surface area contributed by atoms with Crippen LogP contribution in [0.4, 0.5) is 0 Å². The Balaban J connectivity index is 1.39. The van der Waals surface area contributed by atoms with Crippen LogP contribution in [0.3, 0.4) is 0 Å². The number of benzene rings is 1. The Morgan fingerprint density at radius 3 is 2.63 bits per heavy atom. The molecule has 7 heteroatoms. The number of hydrogen-bond donors (Lipinski definition) is 2. The molecular formula is C20H28N2O5. The number of nitrogens with one attached hydrogen (secondary N) is 1. The molecule has 2 fully saturated rings. The molecule has 0 spiro atoms. The quantitative estimate of drug-likeness (QED) is 0.648. The minimum atomic E-state index is -0.786. The highest BCUT2D eigenvalue weighted by atomic mass is 16.5. The van der Waals surface area contributed by atoms with Crippen LogP contribution in [0.25, 0.3) is 0 Å². The van der Waals surface area contributed by atoms with Gasteiger partial charge in [-0.25, -0.2) is 0 Å². The molecule has 27 heavy (non-hydrogen) atoms. The summed E-state index contributed by atoms with van der Waals surface area (Å²) in [6.07, 6.45) is 4.00. The van der Waals surface area contributed by atoms with Crippen LogP contribution in [0.2, 0.25) is 0 Å². The minimum Gasteiger partial charge on any atom is -0.496 e. The summed E-state index contributed by atoms with van der Waals surface area (Å²) in [7, 11) is 1.62. The van der Waals surface area contributed by atoms with Crippen molar-refractivity contribution in [3.8, 4) is 11.5 Å².